The molecule has 1 amide bonds. The summed E-state index contributed by atoms with van der Waals surface area (Å²) in [7, 11) is 3.35. The number of nitrogens with zero attached hydrogens (tertiary/aromatic N) is 2. The first-order valence-electron chi connectivity index (χ1n) is 9.46. The van der Waals surface area contributed by atoms with Crippen LogP contribution in [0.25, 0.3) is 11.3 Å². The van der Waals surface area contributed by atoms with E-state index in [9.17, 15) is 4.79 Å². The number of amides is 1. The summed E-state index contributed by atoms with van der Waals surface area (Å²) in [5.74, 6) is 1.33. The largest absolute Gasteiger partial charge is 0.356 e. The van der Waals surface area contributed by atoms with Gasteiger partial charge in [0.2, 0.25) is 0 Å². The van der Waals surface area contributed by atoms with E-state index in [-0.39, 0.29) is 5.91 Å². The first-order valence-corrected chi connectivity index (χ1v) is 9.46. The first-order chi connectivity index (χ1) is 14.2. The molecule has 1 aromatic heterocycles. The van der Waals surface area contributed by atoms with Gasteiger partial charge < -0.3 is 20.5 Å². The van der Waals surface area contributed by atoms with E-state index in [0.29, 0.717) is 24.6 Å². The molecular weight excluding hydrogens is 366 g/mol. The van der Waals surface area contributed by atoms with Crippen LogP contribution in [0, 0.1) is 0 Å². The van der Waals surface area contributed by atoms with Crippen LogP contribution < -0.4 is 16.0 Å². The molecule has 3 N–H and O–H groups in total. The van der Waals surface area contributed by atoms with Gasteiger partial charge in [0, 0.05) is 37.8 Å². The molecule has 150 valence electrons. The fourth-order valence-corrected chi connectivity index (χ4v) is 2.87. The van der Waals surface area contributed by atoms with Gasteiger partial charge in [0.25, 0.3) is 5.91 Å². The Hall–Kier alpha value is -3.61. The zero-order valence-electron chi connectivity index (χ0n) is 16.6. The SMILES string of the molecule is CN=C(NCCc1cccc(C(=O)NC)c1)NCc1cc(-c2ccccc2)on1. The maximum absolute atomic E-state index is 11.7. The van der Waals surface area contributed by atoms with E-state index in [4.69, 9.17) is 4.52 Å². The number of carbonyl (C=O) groups excluding carboxylic acids is 1. The zero-order chi connectivity index (χ0) is 20.5. The number of hydrogen-bond acceptors (Lipinski definition) is 4. The topological polar surface area (TPSA) is 91.5 Å². The van der Waals surface area contributed by atoms with Gasteiger partial charge in [0.1, 0.15) is 5.69 Å². The minimum absolute atomic E-state index is 0.0835. The Labute approximate surface area is 170 Å². The van der Waals surface area contributed by atoms with Crippen molar-refractivity contribution in [2.24, 2.45) is 4.99 Å². The Balaban J connectivity index is 1.48. The van der Waals surface area contributed by atoms with Crippen LogP contribution in [0.1, 0.15) is 21.6 Å². The molecule has 0 aliphatic heterocycles. The molecule has 0 radical (unpaired) electrons. The van der Waals surface area contributed by atoms with Crippen molar-refractivity contribution < 1.29 is 9.32 Å². The van der Waals surface area contributed by atoms with E-state index in [1.54, 1.807) is 20.2 Å². The molecule has 0 saturated carbocycles. The van der Waals surface area contributed by atoms with Crippen molar-refractivity contribution >= 4 is 11.9 Å². The summed E-state index contributed by atoms with van der Waals surface area (Å²) in [4.78, 5) is 16.0. The van der Waals surface area contributed by atoms with Crippen molar-refractivity contribution in [3.05, 3.63) is 77.5 Å². The maximum atomic E-state index is 11.7. The van der Waals surface area contributed by atoms with E-state index in [1.165, 1.54) is 0 Å². The molecule has 29 heavy (non-hydrogen) atoms. The van der Waals surface area contributed by atoms with E-state index < -0.39 is 0 Å². The van der Waals surface area contributed by atoms with Gasteiger partial charge in [-0.05, 0) is 24.1 Å². The number of benzene rings is 2. The van der Waals surface area contributed by atoms with Gasteiger partial charge in [-0.3, -0.25) is 9.79 Å². The Morgan fingerprint density at radius 1 is 1.07 bits per heavy atom. The molecule has 0 atom stereocenters. The van der Waals surface area contributed by atoms with Gasteiger partial charge in [-0.2, -0.15) is 0 Å². The normalized spacial score (nSPS) is 11.2. The number of hydrogen-bond donors (Lipinski definition) is 3. The number of aromatic nitrogens is 1. The third-order valence-corrected chi connectivity index (χ3v) is 4.40. The van der Waals surface area contributed by atoms with Gasteiger partial charge in [-0.25, -0.2) is 0 Å². The summed E-state index contributed by atoms with van der Waals surface area (Å²) in [5.41, 5.74) is 3.53. The maximum Gasteiger partial charge on any atom is 0.251 e. The van der Waals surface area contributed by atoms with Crippen LogP contribution >= 0.6 is 0 Å². The molecule has 0 saturated heterocycles. The third-order valence-electron chi connectivity index (χ3n) is 4.40. The van der Waals surface area contributed by atoms with Crippen molar-refractivity contribution in [1.29, 1.82) is 0 Å². The molecule has 7 heteroatoms. The summed E-state index contributed by atoms with van der Waals surface area (Å²) in [6, 6.07) is 19.4. The van der Waals surface area contributed by atoms with Gasteiger partial charge in [-0.15, -0.1) is 0 Å². The van der Waals surface area contributed by atoms with E-state index in [1.807, 2.05) is 54.6 Å². The summed E-state index contributed by atoms with van der Waals surface area (Å²) >= 11 is 0. The van der Waals surface area contributed by atoms with Crippen molar-refractivity contribution in [3.8, 4) is 11.3 Å². The average Bonchev–Trinajstić information content (AvgIpc) is 3.25. The van der Waals surface area contributed by atoms with Crippen LogP contribution in [0.2, 0.25) is 0 Å². The van der Waals surface area contributed by atoms with Gasteiger partial charge in [-0.1, -0.05) is 47.6 Å². The molecule has 0 bridgehead atoms. The van der Waals surface area contributed by atoms with Crippen LogP contribution in [0.5, 0.6) is 0 Å². The number of nitrogens with one attached hydrogen (secondary N) is 3. The molecule has 0 fully saturated rings. The summed E-state index contributed by atoms with van der Waals surface area (Å²) in [6.07, 6.45) is 0.771. The molecule has 0 unspecified atom stereocenters. The quantitative estimate of drug-likeness (QED) is 0.425. The van der Waals surface area contributed by atoms with Crippen molar-refractivity contribution in [2.45, 2.75) is 13.0 Å². The van der Waals surface area contributed by atoms with Gasteiger partial charge >= 0.3 is 0 Å². The highest BCUT2D eigenvalue weighted by atomic mass is 16.5. The lowest BCUT2D eigenvalue weighted by molar-refractivity contribution is 0.0963. The lowest BCUT2D eigenvalue weighted by Gasteiger charge is -2.11. The standard InChI is InChI=1S/C22H25N5O2/c1-23-21(28)18-10-6-7-16(13-18)11-12-25-22(24-2)26-15-19-14-20(29-27-19)17-8-4-3-5-9-17/h3-10,13-14H,11-12,15H2,1-2H3,(H,23,28)(H2,24,25,26). The van der Waals surface area contributed by atoms with Crippen molar-refractivity contribution in [3.63, 3.8) is 0 Å². The van der Waals surface area contributed by atoms with Crippen LogP contribution in [-0.2, 0) is 13.0 Å². The summed E-state index contributed by atoms with van der Waals surface area (Å²) in [5, 5.41) is 13.2. The highest BCUT2D eigenvalue weighted by molar-refractivity contribution is 5.94. The van der Waals surface area contributed by atoms with Crippen molar-refractivity contribution in [1.82, 2.24) is 21.1 Å². The highest BCUT2D eigenvalue weighted by Crippen LogP contribution is 2.19. The lowest BCUT2D eigenvalue weighted by Crippen LogP contribution is -2.37. The number of guanidine groups is 1. The fraction of sp³-hybridized carbons (Fsp3) is 0.227. The number of aliphatic imine (C=N–C) groups is 1. The Morgan fingerprint density at radius 2 is 1.90 bits per heavy atom. The van der Waals surface area contributed by atoms with E-state index in [2.05, 4.69) is 26.1 Å². The Kier molecular flexibility index (Phi) is 7.00. The van der Waals surface area contributed by atoms with Crippen LogP contribution in [0.15, 0.2) is 70.2 Å². The molecular formula is C22H25N5O2. The second-order valence-corrected chi connectivity index (χ2v) is 6.43. The minimum atomic E-state index is -0.0835. The predicted octanol–water partition coefficient (Wildman–Crippen LogP) is 2.61. The summed E-state index contributed by atoms with van der Waals surface area (Å²) < 4.78 is 5.41. The third kappa shape index (κ3) is 5.68. The highest BCUT2D eigenvalue weighted by Gasteiger charge is 2.07. The number of carbonyl (C=O) groups is 1. The molecule has 1 heterocycles. The van der Waals surface area contributed by atoms with Crippen molar-refractivity contribution in [2.75, 3.05) is 20.6 Å². The minimum Gasteiger partial charge on any atom is -0.356 e. The smallest absolute Gasteiger partial charge is 0.251 e. The molecule has 0 aliphatic rings. The predicted molar refractivity (Wildman–Crippen MR) is 114 cm³/mol. The molecule has 0 spiro atoms. The van der Waals surface area contributed by atoms with E-state index in [0.717, 1.165) is 29.0 Å². The first kappa shape index (κ1) is 20.1. The molecule has 2 aromatic carbocycles. The Morgan fingerprint density at radius 3 is 2.66 bits per heavy atom. The van der Waals surface area contributed by atoms with Crippen LogP contribution in [-0.4, -0.2) is 37.7 Å². The second kappa shape index (κ2) is 10.1. The van der Waals surface area contributed by atoms with E-state index >= 15 is 0 Å². The molecule has 7 nitrogen and oxygen atoms in total. The second-order valence-electron chi connectivity index (χ2n) is 6.43. The summed E-state index contributed by atoms with van der Waals surface area (Å²) in [6.45, 7) is 1.19. The fourth-order valence-electron chi connectivity index (χ4n) is 2.87. The van der Waals surface area contributed by atoms with Gasteiger partial charge in [0.05, 0.1) is 6.54 Å². The molecule has 3 rings (SSSR count). The van der Waals surface area contributed by atoms with Crippen LogP contribution in [0.3, 0.4) is 0 Å². The Bertz CT molecular complexity index is 966. The zero-order valence-corrected chi connectivity index (χ0v) is 16.6. The monoisotopic (exact) mass is 391 g/mol. The molecule has 0 aliphatic carbocycles. The average molecular weight is 391 g/mol. The van der Waals surface area contributed by atoms with Crippen LogP contribution in [0.4, 0.5) is 0 Å². The number of rotatable bonds is 7. The lowest BCUT2D eigenvalue weighted by atomic mass is 10.1. The van der Waals surface area contributed by atoms with Gasteiger partial charge in [0.15, 0.2) is 11.7 Å². The molecule has 3 aromatic rings.